The molecule has 1 amide bonds. The van der Waals surface area contributed by atoms with Crippen LogP contribution in [-0.4, -0.2) is 20.1 Å². The van der Waals surface area contributed by atoms with Gasteiger partial charge in [0.25, 0.3) is 5.91 Å². The first kappa shape index (κ1) is 23.4. The standard InChI is InChI=1S/C26H24N2O5S/c1-17(25-15-22-5-3-4-6-24(22)33-25)28-26(30)21-9-7-19(8-10-21)16-27-34(31,32)23-13-11-20(12-14-23)18(2)29/h3-15,17,27H,16H2,1-2H3,(H,28,30)/t17-/m0/s1. The van der Waals surface area contributed by atoms with Crippen molar-refractivity contribution in [3.63, 3.8) is 0 Å². The van der Waals surface area contributed by atoms with Gasteiger partial charge in [-0.05, 0) is 55.8 Å². The molecule has 0 aliphatic carbocycles. The van der Waals surface area contributed by atoms with Crippen molar-refractivity contribution in [1.29, 1.82) is 0 Å². The maximum atomic E-state index is 12.6. The van der Waals surface area contributed by atoms with E-state index in [1.54, 1.807) is 24.3 Å². The first-order chi connectivity index (χ1) is 16.2. The number of rotatable bonds is 8. The quantitative estimate of drug-likeness (QED) is 0.362. The molecule has 1 heterocycles. The summed E-state index contributed by atoms with van der Waals surface area (Å²) in [5.74, 6) is 0.274. The maximum absolute atomic E-state index is 12.6. The van der Waals surface area contributed by atoms with Crippen molar-refractivity contribution < 1.29 is 22.4 Å². The molecule has 174 valence electrons. The second-order valence-corrected chi connectivity index (χ2v) is 9.75. The first-order valence-electron chi connectivity index (χ1n) is 10.7. The number of Topliss-reactive ketones (excluding diaryl/α,β-unsaturated/α-hetero) is 1. The summed E-state index contributed by atoms with van der Waals surface area (Å²) >= 11 is 0. The van der Waals surface area contributed by atoms with E-state index in [0.29, 0.717) is 22.5 Å². The number of amides is 1. The van der Waals surface area contributed by atoms with Crippen LogP contribution in [-0.2, 0) is 16.6 Å². The number of hydrogen-bond acceptors (Lipinski definition) is 5. The van der Waals surface area contributed by atoms with Gasteiger partial charge in [0.2, 0.25) is 10.0 Å². The van der Waals surface area contributed by atoms with E-state index < -0.39 is 10.0 Å². The molecule has 0 aliphatic heterocycles. The van der Waals surface area contributed by atoms with Crippen molar-refractivity contribution in [2.24, 2.45) is 0 Å². The van der Waals surface area contributed by atoms with Crippen LogP contribution in [0.25, 0.3) is 11.0 Å². The predicted octanol–water partition coefficient (Wildman–Crippen LogP) is 4.60. The summed E-state index contributed by atoms with van der Waals surface area (Å²) in [6.07, 6.45) is 0. The third-order valence-electron chi connectivity index (χ3n) is 5.47. The van der Waals surface area contributed by atoms with E-state index in [9.17, 15) is 18.0 Å². The number of fused-ring (bicyclic) bond motifs is 1. The Balaban J connectivity index is 1.36. The van der Waals surface area contributed by atoms with E-state index in [4.69, 9.17) is 4.42 Å². The molecule has 1 atom stereocenters. The predicted molar refractivity (Wildman–Crippen MR) is 129 cm³/mol. The Morgan fingerprint density at radius 1 is 0.912 bits per heavy atom. The minimum atomic E-state index is -3.74. The summed E-state index contributed by atoms with van der Waals surface area (Å²) in [5, 5.41) is 3.89. The van der Waals surface area contributed by atoms with Crippen LogP contribution in [0.5, 0.6) is 0 Å². The highest BCUT2D eigenvalue weighted by atomic mass is 32.2. The summed E-state index contributed by atoms with van der Waals surface area (Å²) in [6.45, 7) is 3.33. The van der Waals surface area contributed by atoms with Crippen molar-refractivity contribution in [2.45, 2.75) is 31.3 Å². The Bertz CT molecular complexity index is 1410. The van der Waals surface area contributed by atoms with Crippen LogP contribution < -0.4 is 10.0 Å². The molecular formula is C26H24N2O5S. The van der Waals surface area contributed by atoms with Gasteiger partial charge in [-0.15, -0.1) is 0 Å². The summed E-state index contributed by atoms with van der Waals surface area (Å²) in [7, 11) is -3.74. The minimum Gasteiger partial charge on any atom is -0.459 e. The monoisotopic (exact) mass is 476 g/mol. The topological polar surface area (TPSA) is 105 Å². The van der Waals surface area contributed by atoms with Gasteiger partial charge in [0.1, 0.15) is 11.3 Å². The Kier molecular flexibility index (Phi) is 6.63. The number of carbonyl (C=O) groups excluding carboxylic acids is 2. The largest absolute Gasteiger partial charge is 0.459 e. The Morgan fingerprint density at radius 2 is 1.56 bits per heavy atom. The third-order valence-corrected chi connectivity index (χ3v) is 6.89. The molecule has 4 aromatic rings. The lowest BCUT2D eigenvalue weighted by Gasteiger charge is -2.12. The molecule has 3 aromatic carbocycles. The molecule has 0 unspecified atom stereocenters. The SMILES string of the molecule is CC(=O)c1ccc(S(=O)(=O)NCc2ccc(C(=O)N[C@@H](C)c3cc4ccccc4o3)cc2)cc1. The fraction of sp³-hybridized carbons (Fsp3) is 0.154. The van der Waals surface area contributed by atoms with E-state index in [-0.39, 0.29) is 29.2 Å². The molecule has 1 aromatic heterocycles. The summed E-state index contributed by atoms with van der Waals surface area (Å²) in [6, 6.07) is 21.7. The second-order valence-electron chi connectivity index (χ2n) is 7.98. The molecule has 0 aliphatic rings. The van der Waals surface area contributed by atoms with Gasteiger partial charge < -0.3 is 9.73 Å². The van der Waals surface area contributed by atoms with Gasteiger partial charge in [0.15, 0.2) is 5.78 Å². The fourth-order valence-corrected chi connectivity index (χ4v) is 4.49. The van der Waals surface area contributed by atoms with Crippen molar-refractivity contribution in [1.82, 2.24) is 10.0 Å². The van der Waals surface area contributed by atoms with Crippen molar-refractivity contribution in [3.05, 3.63) is 101 Å². The number of para-hydroxylation sites is 1. The zero-order chi connectivity index (χ0) is 24.3. The Labute approximate surface area is 197 Å². The minimum absolute atomic E-state index is 0.0636. The van der Waals surface area contributed by atoms with Gasteiger partial charge in [-0.1, -0.05) is 42.5 Å². The van der Waals surface area contributed by atoms with Crippen LogP contribution in [0.1, 0.15) is 51.9 Å². The van der Waals surface area contributed by atoms with E-state index in [1.807, 2.05) is 37.3 Å². The molecule has 0 spiro atoms. The molecule has 34 heavy (non-hydrogen) atoms. The van der Waals surface area contributed by atoms with Crippen LogP contribution in [0.3, 0.4) is 0 Å². The molecule has 7 nitrogen and oxygen atoms in total. The van der Waals surface area contributed by atoms with Crippen molar-refractivity contribution >= 4 is 32.7 Å². The smallest absolute Gasteiger partial charge is 0.251 e. The maximum Gasteiger partial charge on any atom is 0.251 e. The van der Waals surface area contributed by atoms with E-state index >= 15 is 0 Å². The Morgan fingerprint density at radius 3 is 2.21 bits per heavy atom. The number of hydrogen-bond donors (Lipinski definition) is 2. The van der Waals surface area contributed by atoms with Crippen LogP contribution >= 0.6 is 0 Å². The molecule has 0 bridgehead atoms. The second kappa shape index (κ2) is 9.62. The highest BCUT2D eigenvalue weighted by Gasteiger charge is 2.17. The number of nitrogens with one attached hydrogen (secondary N) is 2. The molecule has 0 saturated heterocycles. The van der Waals surface area contributed by atoms with E-state index in [0.717, 1.165) is 11.0 Å². The highest BCUT2D eigenvalue weighted by Crippen LogP contribution is 2.24. The normalized spacial score (nSPS) is 12.4. The number of ketones is 1. The van der Waals surface area contributed by atoms with Crippen molar-refractivity contribution in [3.8, 4) is 0 Å². The van der Waals surface area contributed by atoms with Crippen LogP contribution in [0.2, 0.25) is 0 Å². The van der Waals surface area contributed by atoms with Gasteiger partial charge >= 0.3 is 0 Å². The third kappa shape index (κ3) is 5.24. The van der Waals surface area contributed by atoms with Gasteiger partial charge in [0.05, 0.1) is 10.9 Å². The average Bonchev–Trinajstić information content (AvgIpc) is 3.28. The summed E-state index contributed by atoms with van der Waals surface area (Å²) < 4.78 is 33.4. The molecule has 0 radical (unpaired) electrons. The summed E-state index contributed by atoms with van der Waals surface area (Å²) in [4.78, 5) is 24.1. The molecule has 8 heteroatoms. The highest BCUT2D eigenvalue weighted by molar-refractivity contribution is 7.89. The van der Waals surface area contributed by atoms with Crippen LogP contribution in [0.4, 0.5) is 0 Å². The van der Waals surface area contributed by atoms with Gasteiger partial charge in [-0.25, -0.2) is 13.1 Å². The van der Waals surface area contributed by atoms with Gasteiger partial charge in [-0.2, -0.15) is 0 Å². The molecule has 0 fully saturated rings. The number of sulfonamides is 1. The summed E-state index contributed by atoms with van der Waals surface area (Å²) in [5.41, 5.74) is 2.36. The lowest BCUT2D eigenvalue weighted by Crippen LogP contribution is -2.26. The molecule has 0 saturated carbocycles. The van der Waals surface area contributed by atoms with Crippen LogP contribution in [0, 0.1) is 0 Å². The molecular weight excluding hydrogens is 452 g/mol. The van der Waals surface area contributed by atoms with Gasteiger partial charge in [0, 0.05) is 23.1 Å². The van der Waals surface area contributed by atoms with Crippen molar-refractivity contribution in [2.75, 3.05) is 0 Å². The van der Waals surface area contributed by atoms with Crippen LogP contribution in [0.15, 0.2) is 88.2 Å². The zero-order valence-corrected chi connectivity index (χ0v) is 19.6. The van der Waals surface area contributed by atoms with E-state index in [2.05, 4.69) is 10.0 Å². The lowest BCUT2D eigenvalue weighted by atomic mass is 10.1. The molecule has 4 rings (SSSR count). The average molecular weight is 477 g/mol. The Hall–Kier alpha value is -3.75. The lowest BCUT2D eigenvalue weighted by molar-refractivity contribution is 0.0935. The molecule has 2 N–H and O–H groups in total. The van der Waals surface area contributed by atoms with Gasteiger partial charge in [-0.3, -0.25) is 9.59 Å². The number of benzene rings is 3. The zero-order valence-electron chi connectivity index (χ0n) is 18.7. The fourth-order valence-electron chi connectivity index (χ4n) is 3.47. The number of furan rings is 1. The number of carbonyl (C=O) groups is 2. The first-order valence-corrected chi connectivity index (χ1v) is 12.2. The van der Waals surface area contributed by atoms with E-state index in [1.165, 1.54) is 31.2 Å².